The van der Waals surface area contributed by atoms with E-state index in [-0.39, 0.29) is 23.9 Å². The first kappa shape index (κ1) is 42.2. The van der Waals surface area contributed by atoms with Crippen molar-refractivity contribution >= 4 is 0 Å². The fourth-order valence-corrected chi connectivity index (χ4v) is 5.29. The van der Waals surface area contributed by atoms with E-state index in [2.05, 4.69) is 66.8 Å². The van der Waals surface area contributed by atoms with Crippen LogP contribution in [0.2, 0.25) is 0 Å². The Hall–Kier alpha value is -1.80. The molecule has 2 aromatic heterocycles. The van der Waals surface area contributed by atoms with Crippen molar-refractivity contribution < 1.29 is 35.9 Å². The Morgan fingerprint density at radius 1 is 0.630 bits per heavy atom. The Bertz CT molecular complexity index is 928. The van der Waals surface area contributed by atoms with Gasteiger partial charge in [-0.2, -0.15) is 0 Å². The molecule has 46 heavy (non-hydrogen) atoms. The van der Waals surface area contributed by atoms with Crippen LogP contribution in [0.4, 0.5) is 0 Å². The number of hydrogen-bond acceptors (Lipinski definition) is 6. The Morgan fingerprint density at radius 3 is 1.63 bits per heavy atom. The normalized spacial score (nSPS) is 12.2. The average Bonchev–Trinajstić information content (AvgIpc) is 3.04. The molecule has 0 aliphatic carbocycles. The molecule has 264 valence electrons. The number of halogens is 1. The molecule has 0 bridgehead atoms. The van der Waals surface area contributed by atoms with Gasteiger partial charge >= 0.3 is 6.01 Å². The molecule has 0 saturated heterocycles. The number of ether oxygens (including phenoxy) is 4. The highest BCUT2D eigenvalue weighted by molar-refractivity contribution is 5.17. The van der Waals surface area contributed by atoms with Crippen LogP contribution in [0, 0.1) is 0 Å². The number of hydrogen-bond donors (Lipinski definition) is 0. The largest absolute Gasteiger partial charge is 1.00 e. The maximum Gasteiger partial charge on any atom is 0.316 e. The maximum absolute atomic E-state index is 5.97. The SMILES string of the molecule is CCCCCCCCCCCCCCCCCCOCC(COCCOCC[n+]1ccc(C(C)(C)C)cc1)Oc1ncccn1.[Cl-]. The van der Waals surface area contributed by atoms with E-state index in [0.717, 1.165) is 19.6 Å². The van der Waals surface area contributed by atoms with Gasteiger partial charge in [0.1, 0.15) is 12.7 Å². The highest BCUT2D eigenvalue weighted by Crippen LogP contribution is 2.20. The molecule has 0 fully saturated rings. The zero-order valence-electron chi connectivity index (χ0n) is 29.7. The van der Waals surface area contributed by atoms with Crippen LogP contribution in [0.1, 0.15) is 136 Å². The first-order valence-corrected chi connectivity index (χ1v) is 18.2. The van der Waals surface area contributed by atoms with Crippen molar-refractivity contribution in [3.05, 3.63) is 48.5 Å². The second kappa shape index (κ2) is 28.2. The third kappa shape index (κ3) is 22.7. The summed E-state index contributed by atoms with van der Waals surface area (Å²) in [6.07, 6.45) is 29.2. The van der Waals surface area contributed by atoms with Gasteiger partial charge in [-0.3, -0.25) is 0 Å². The Labute approximate surface area is 288 Å². The first-order valence-electron chi connectivity index (χ1n) is 18.2. The summed E-state index contributed by atoms with van der Waals surface area (Å²) in [5.74, 6) is 0. The molecule has 0 aromatic carbocycles. The lowest BCUT2D eigenvalue weighted by Crippen LogP contribution is -3.00. The predicted octanol–water partition coefficient (Wildman–Crippen LogP) is 5.82. The van der Waals surface area contributed by atoms with Crippen LogP contribution in [0.25, 0.3) is 0 Å². The summed E-state index contributed by atoms with van der Waals surface area (Å²) in [5.41, 5.74) is 1.50. The van der Waals surface area contributed by atoms with Crippen molar-refractivity contribution in [2.24, 2.45) is 0 Å². The molecule has 0 spiro atoms. The van der Waals surface area contributed by atoms with Gasteiger partial charge in [-0.1, -0.05) is 124 Å². The zero-order valence-corrected chi connectivity index (χ0v) is 30.5. The number of unbranched alkanes of at least 4 members (excludes halogenated alkanes) is 15. The van der Waals surface area contributed by atoms with Crippen LogP contribution in [0.15, 0.2) is 43.0 Å². The van der Waals surface area contributed by atoms with Crippen molar-refractivity contribution in [2.45, 2.75) is 148 Å². The lowest BCUT2D eigenvalue weighted by atomic mass is 9.88. The van der Waals surface area contributed by atoms with E-state index in [1.54, 1.807) is 18.5 Å². The van der Waals surface area contributed by atoms with Crippen LogP contribution >= 0.6 is 0 Å². The molecule has 7 nitrogen and oxygen atoms in total. The Kier molecular flexibility index (Phi) is 25.9. The van der Waals surface area contributed by atoms with Crippen molar-refractivity contribution in [1.29, 1.82) is 0 Å². The topological polar surface area (TPSA) is 66.6 Å². The Balaban J connectivity index is 0.0000106. The number of aromatic nitrogens is 3. The van der Waals surface area contributed by atoms with Crippen molar-refractivity contribution in [3.8, 4) is 6.01 Å². The van der Waals surface area contributed by atoms with E-state index in [9.17, 15) is 0 Å². The molecular formula is C38H66ClN3O4. The fraction of sp³-hybridized carbons (Fsp3) is 0.763. The minimum Gasteiger partial charge on any atom is -1.00 e. The van der Waals surface area contributed by atoms with Gasteiger partial charge in [0.25, 0.3) is 0 Å². The molecule has 0 N–H and O–H groups in total. The molecule has 2 heterocycles. The van der Waals surface area contributed by atoms with Gasteiger partial charge in [-0.05, 0) is 23.5 Å². The summed E-state index contributed by atoms with van der Waals surface area (Å²) in [6, 6.07) is 6.49. The minimum atomic E-state index is -0.259. The van der Waals surface area contributed by atoms with Gasteiger partial charge in [0.05, 0.1) is 26.4 Å². The van der Waals surface area contributed by atoms with Crippen molar-refractivity contribution in [2.75, 3.05) is 39.6 Å². The van der Waals surface area contributed by atoms with Crippen LogP contribution in [-0.2, 0) is 26.2 Å². The fourth-order valence-electron chi connectivity index (χ4n) is 5.29. The van der Waals surface area contributed by atoms with E-state index in [0.29, 0.717) is 39.0 Å². The van der Waals surface area contributed by atoms with E-state index < -0.39 is 0 Å². The van der Waals surface area contributed by atoms with Crippen LogP contribution in [-0.4, -0.2) is 55.7 Å². The van der Waals surface area contributed by atoms with E-state index >= 15 is 0 Å². The van der Waals surface area contributed by atoms with Gasteiger partial charge in [-0.25, -0.2) is 14.5 Å². The third-order valence-electron chi connectivity index (χ3n) is 8.19. The molecule has 2 rings (SSSR count). The van der Waals surface area contributed by atoms with Crippen LogP contribution in [0.3, 0.4) is 0 Å². The molecule has 0 radical (unpaired) electrons. The summed E-state index contributed by atoms with van der Waals surface area (Å²) in [6.45, 7) is 13.1. The van der Waals surface area contributed by atoms with Gasteiger partial charge in [0.15, 0.2) is 18.9 Å². The standard InChI is InChI=1S/C38H66N3O4.ClH/c1-5-6-7-8-9-10-11-12-13-14-15-16-17-18-19-20-29-43-33-36(45-37-39-24-21-25-40-37)34-44-32-31-42-30-28-41-26-22-35(23-27-41)38(2,3)4;/h21-27,36H,5-20,28-34H2,1-4H3;1H/q+1;/p-1. The third-order valence-corrected chi connectivity index (χ3v) is 8.19. The second-order valence-corrected chi connectivity index (χ2v) is 13.4. The summed E-state index contributed by atoms with van der Waals surface area (Å²) < 4.78 is 25.7. The van der Waals surface area contributed by atoms with Gasteiger partial charge in [-0.15, -0.1) is 0 Å². The molecule has 8 heteroatoms. The predicted molar refractivity (Wildman–Crippen MR) is 184 cm³/mol. The first-order chi connectivity index (χ1) is 22.0. The maximum atomic E-state index is 5.97. The lowest BCUT2D eigenvalue weighted by Gasteiger charge is -2.18. The number of pyridine rings is 1. The van der Waals surface area contributed by atoms with E-state index in [4.69, 9.17) is 18.9 Å². The van der Waals surface area contributed by atoms with E-state index in [1.165, 1.54) is 102 Å². The lowest BCUT2D eigenvalue weighted by molar-refractivity contribution is -0.698. The van der Waals surface area contributed by atoms with Crippen molar-refractivity contribution in [3.63, 3.8) is 0 Å². The monoisotopic (exact) mass is 663 g/mol. The van der Waals surface area contributed by atoms with Gasteiger partial charge < -0.3 is 31.4 Å². The molecular weight excluding hydrogens is 598 g/mol. The molecule has 1 atom stereocenters. The summed E-state index contributed by atoms with van der Waals surface area (Å²) >= 11 is 0. The summed E-state index contributed by atoms with van der Waals surface area (Å²) in [5, 5.41) is 0. The zero-order chi connectivity index (χ0) is 32.3. The molecule has 2 aromatic rings. The highest BCUT2D eigenvalue weighted by atomic mass is 35.5. The van der Waals surface area contributed by atoms with Gasteiger partial charge in [0.2, 0.25) is 0 Å². The van der Waals surface area contributed by atoms with Crippen LogP contribution in [0.5, 0.6) is 6.01 Å². The Morgan fingerprint density at radius 2 is 1.11 bits per heavy atom. The molecule has 0 aliphatic heterocycles. The van der Waals surface area contributed by atoms with Crippen LogP contribution < -0.4 is 21.7 Å². The summed E-state index contributed by atoms with van der Waals surface area (Å²) in [7, 11) is 0. The second-order valence-electron chi connectivity index (χ2n) is 13.4. The van der Waals surface area contributed by atoms with Gasteiger partial charge in [0, 0.05) is 31.1 Å². The average molecular weight is 664 g/mol. The molecule has 0 saturated carbocycles. The number of rotatable bonds is 29. The quantitative estimate of drug-likeness (QED) is 0.0807. The van der Waals surface area contributed by atoms with Crippen molar-refractivity contribution in [1.82, 2.24) is 9.97 Å². The summed E-state index contributed by atoms with van der Waals surface area (Å²) in [4.78, 5) is 8.39. The molecule has 1 unspecified atom stereocenters. The highest BCUT2D eigenvalue weighted by Gasteiger charge is 2.15. The molecule has 0 aliphatic rings. The van der Waals surface area contributed by atoms with E-state index in [1.807, 2.05) is 0 Å². The number of nitrogens with zero attached hydrogens (tertiary/aromatic N) is 3. The smallest absolute Gasteiger partial charge is 0.316 e. The minimum absolute atomic E-state index is 0. The molecule has 0 amide bonds.